The smallest absolute Gasteiger partial charge is 0.175 e. The predicted octanol–water partition coefficient (Wildman–Crippen LogP) is 2.68. The Bertz CT molecular complexity index is 720. The van der Waals surface area contributed by atoms with Crippen molar-refractivity contribution in [3.63, 3.8) is 0 Å². The van der Waals surface area contributed by atoms with Crippen molar-refractivity contribution in [2.75, 3.05) is 6.26 Å². The fraction of sp³-hybridized carbons (Fsp3) is 0.200. The number of hydrogen-bond acceptors (Lipinski definition) is 4. The third kappa shape index (κ3) is 3.37. The van der Waals surface area contributed by atoms with Crippen molar-refractivity contribution in [2.24, 2.45) is 0 Å². The Labute approximate surface area is 118 Å². The van der Waals surface area contributed by atoms with Crippen LogP contribution in [0, 0.1) is 6.92 Å². The van der Waals surface area contributed by atoms with Crippen LogP contribution in [0.1, 0.15) is 11.1 Å². The van der Waals surface area contributed by atoms with E-state index in [1.54, 1.807) is 18.2 Å². The topological polar surface area (TPSA) is 63.6 Å². The van der Waals surface area contributed by atoms with Gasteiger partial charge in [0.1, 0.15) is 11.5 Å². The highest BCUT2D eigenvalue weighted by Crippen LogP contribution is 2.27. The van der Waals surface area contributed by atoms with E-state index in [1.165, 1.54) is 12.1 Å². The van der Waals surface area contributed by atoms with E-state index < -0.39 is 9.84 Å². The van der Waals surface area contributed by atoms with Crippen molar-refractivity contribution in [1.82, 2.24) is 0 Å². The zero-order valence-corrected chi connectivity index (χ0v) is 12.1. The summed E-state index contributed by atoms with van der Waals surface area (Å²) in [7, 11) is -3.27. The van der Waals surface area contributed by atoms with Gasteiger partial charge in [-0.25, -0.2) is 8.42 Å². The number of rotatable bonds is 4. The second-order valence-electron chi connectivity index (χ2n) is 4.62. The minimum Gasteiger partial charge on any atom is -0.457 e. The van der Waals surface area contributed by atoms with Gasteiger partial charge in [-0.15, -0.1) is 0 Å². The Balaban J connectivity index is 2.36. The highest BCUT2D eigenvalue weighted by Gasteiger charge is 2.10. The van der Waals surface area contributed by atoms with Crippen LogP contribution in [-0.2, 0) is 16.4 Å². The van der Waals surface area contributed by atoms with E-state index >= 15 is 0 Å². The summed E-state index contributed by atoms with van der Waals surface area (Å²) in [6.07, 6.45) is 1.15. The van der Waals surface area contributed by atoms with Crippen LogP contribution in [0.2, 0.25) is 0 Å². The first kappa shape index (κ1) is 14.6. The first-order valence-corrected chi connectivity index (χ1v) is 7.97. The van der Waals surface area contributed by atoms with E-state index in [0.717, 1.165) is 11.8 Å². The summed E-state index contributed by atoms with van der Waals surface area (Å²) < 4.78 is 28.7. The lowest BCUT2D eigenvalue weighted by molar-refractivity contribution is 0.276. The first-order chi connectivity index (χ1) is 9.40. The molecule has 0 aliphatic carbocycles. The van der Waals surface area contributed by atoms with Crippen molar-refractivity contribution >= 4 is 9.84 Å². The molecule has 0 aromatic heterocycles. The summed E-state index contributed by atoms with van der Waals surface area (Å²) in [5, 5.41) is 9.33. The second kappa shape index (κ2) is 5.64. The summed E-state index contributed by atoms with van der Waals surface area (Å²) in [5.41, 5.74) is 1.68. The molecule has 0 bridgehead atoms. The van der Waals surface area contributed by atoms with Crippen LogP contribution in [0.5, 0.6) is 11.5 Å². The Morgan fingerprint density at radius 1 is 1.15 bits per heavy atom. The minimum atomic E-state index is -3.27. The van der Waals surface area contributed by atoms with E-state index in [1.807, 2.05) is 19.1 Å². The molecule has 106 valence electrons. The summed E-state index contributed by atoms with van der Waals surface area (Å²) in [6, 6.07) is 11.7. The van der Waals surface area contributed by atoms with Crippen LogP contribution < -0.4 is 4.74 Å². The molecule has 0 spiro atoms. The summed E-state index contributed by atoms with van der Waals surface area (Å²) in [5.74, 6) is 0.940. The van der Waals surface area contributed by atoms with Gasteiger partial charge in [0.05, 0.1) is 11.5 Å². The highest BCUT2D eigenvalue weighted by atomic mass is 32.2. The summed E-state index contributed by atoms with van der Waals surface area (Å²) in [6.45, 7) is 1.79. The van der Waals surface area contributed by atoms with Crippen LogP contribution in [0.3, 0.4) is 0 Å². The lowest BCUT2D eigenvalue weighted by atomic mass is 10.1. The molecule has 4 nitrogen and oxygen atoms in total. The van der Waals surface area contributed by atoms with E-state index in [4.69, 9.17) is 4.74 Å². The van der Waals surface area contributed by atoms with Crippen molar-refractivity contribution in [3.05, 3.63) is 53.6 Å². The molecule has 1 N–H and O–H groups in total. The largest absolute Gasteiger partial charge is 0.457 e. The Morgan fingerprint density at radius 2 is 1.90 bits per heavy atom. The Kier molecular flexibility index (Phi) is 4.11. The fourth-order valence-corrected chi connectivity index (χ4v) is 2.48. The van der Waals surface area contributed by atoms with Crippen molar-refractivity contribution in [2.45, 2.75) is 18.4 Å². The van der Waals surface area contributed by atoms with E-state index in [2.05, 4.69) is 0 Å². The monoisotopic (exact) mass is 292 g/mol. The normalized spacial score (nSPS) is 11.3. The molecule has 0 atom stereocenters. The zero-order valence-electron chi connectivity index (χ0n) is 11.3. The molecule has 0 saturated carbocycles. The van der Waals surface area contributed by atoms with Gasteiger partial charge in [0.15, 0.2) is 9.84 Å². The molecule has 2 aromatic rings. The molecule has 20 heavy (non-hydrogen) atoms. The number of hydrogen-bond donors (Lipinski definition) is 1. The Hall–Kier alpha value is -1.85. The van der Waals surface area contributed by atoms with Crippen molar-refractivity contribution < 1.29 is 18.3 Å². The molecule has 0 radical (unpaired) electrons. The van der Waals surface area contributed by atoms with E-state index in [-0.39, 0.29) is 11.5 Å². The third-order valence-corrected chi connectivity index (χ3v) is 3.96. The molecular formula is C15H16O4S. The van der Waals surface area contributed by atoms with Gasteiger partial charge in [0.25, 0.3) is 0 Å². The van der Waals surface area contributed by atoms with Crippen LogP contribution in [-0.4, -0.2) is 19.8 Å². The van der Waals surface area contributed by atoms with Crippen LogP contribution in [0.25, 0.3) is 0 Å². The zero-order chi connectivity index (χ0) is 14.8. The van der Waals surface area contributed by atoms with Gasteiger partial charge in [0, 0.05) is 11.8 Å². The predicted molar refractivity (Wildman–Crippen MR) is 76.7 cm³/mol. The molecule has 0 amide bonds. The summed E-state index contributed by atoms with van der Waals surface area (Å²) >= 11 is 0. The second-order valence-corrected chi connectivity index (χ2v) is 6.63. The lowest BCUT2D eigenvalue weighted by Gasteiger charge is -2.11. The standard InChI is InChI=1S/C15H16O4S/c1-11-6-7-15(12(8-11)10-16)19-13-4-3-5-14(9-13)20(2,17)18/h3-9,16H,10H2,1-2H3. The third-order valence-electron chi connectivity index (χ3n) is 2.85. The molecular weight excluding hydrogens is 276 g/mol. The molecule has 0 aliphatic heterocycles. The van der Waals surface area contributed by atoms with E-state index in [9.17, 15) is 13.5 Å². The minimum absolute atomic E-state index is 0.136. The molecule has 0 saturated heterocycles. The van der Waals surface area contributed by atoms with Gasteiger partial charge in [0.2, 0.25) is 0 Å². The van der Waals surface area contributed by atoms with Gasteiger partial charge in [-0.05, 0) is 31.2 Å². The number of benzene rings is 2. The molecule has 2 aromatic carbocycles. The van der Waals surface area contributed by atoms with Crippen LogP contribution in [0.15, 0.2) is 47.4 Å². The van der Waals surface area contributed by atoms with Gasteiger partial charge in [-0.2, -0.15) is 0 Å². The maximum atomic E-state index is 11.5. The van der Waals surface area contributed by atoms with Crippen molar-refractivity contribution in [1.29, 1.82) is 0 Å². The number of aryl methyl sites for hydroxylation is 1. The maximum Gasteiger partial charge on any atom is 0.175 e. The maximum absolute atomic E-state index is 11.5. The van der Waals surface area contributed by atoms with Crippen molar-refractivity contribution in [3.8, 4) is 11.5 Å². The van der Waals surface area contributed by atoms with Crippen LogP contribution >= 0.6 is 0 Å². The molecule has 0 unspecified atom stereocenters. The van der Waals surface area contributed by atoms with Gasteiger partial charge in [-0.1, -0.05) is 23.8 Å². The molecule has 0 fully saturated rings. The van der Waals surface area contributed by atoms with Gasteiger partial charge in [-0.3, -0.25) is 0 Å². The van der Waals surface area contributed by atoms with Gasteiger partial charge < -0.3 is 9.84 Å². The first-order valence-electron chi connectivity index (χ1n) is 6.08. The van der Waals surface area contributed by atoms with Crippen LogP contribution in [0.4, 0.5) is 0 Å². The number of sulfone groups is 1. The Morgan fingerprint density at radius 3 is 2.55 bits per heavy atom. The summed E-state index contributed by atoms with van der Waals surface area (Å²) in [4.78, 5) is 0.202. The SMILES string of the molecule is Cc1ccc(Oc2cccc(S(C)(=O)=O)c2)c(CO)c1. The fourth-order valence-electron chi connectivity index (χ4n) is 1.83. The lowest BCUT2D eigenvalue weighted by Crippen LogP contribution is -1.98. The number of ether oxygens (including phenoxy) is 1. The average molecular weight is 292 g/mol. The average Bonchev–Trinajstić information content (AvgIpc) is 2.40. The van der Waals surface area contributed by atoms with Gasteiger partial charge >= 0.3 is 0 Å². The molecule has 0 aliphatic rings. The molecule has 2 rings (SSSR count). The molecule has 0 heterocycles. The number of aliphatic hydroxyl groups excluding tert-OH is 1. The highest BCUT2D eigenvalue weighted by molar-refractivity contribution is 7.90. The number of aliphatic hydroxyl groups is 1. The van der Waals surface area contributed by atoms with E-state index in [0.29, 0.717) is 17.1 Å². The quantitative estimate of drug-likeness (QED) is 0.941. The molecule has 5 heteroatoms.